The Balaban J connectivity index is 1.57. The molecule has 0 atom stereocenters. The van der Waals surface area contributed by atoms with E-state index in [2.05, 4.69) is 16.0 Å². The van der Waals surface area contributed by atoms with Crippen LogP contribution < -0.4 is 20.9 Å². The predicted octanol–water partition coefficient (Wildman–Crippen LogP) is 5.06. The minimum Gasteiger partial charge on any atom is -0.376 e. The molecule has 0 heterocycles. The Morgan fingerprint density at radius 3 is 2.12 bits per heavy atom. The summed E-state index contributed by atoms with van der Waals surface area (Å²) >= 11 is 0. The zero-order valence-corrected chi connectivity index (χ0v) is 19.7. The monoisotopic (exact) mass is 458 g/mol. The molecule has 34 heavy (non-hydrogen) atoms. The molecule has 0 bridgehead atoms. The first-order valence-corrected chi connectivity index (χ1v) is 11.3. The molecule has 3 N–H and O–H groups in total. The highest BCUT2D eigenvalue weighted by molar-refractivity contribution is 6.06. The SMILES string of the molecule is CCC(=O)Nc1cc(NCC(=O)Nc2ccc(C(=O)N(CC)c3ccccc3)cc2)ccc1C. The molecule has 3 rings (SSSR count). The number of benzene rings is 3. The van der Waals surface area contributed by atoms with E-state index >= 15 is 0 Å². The van der Waals surface area contributed by atoms with Gasteiger partial charge in [0, 0.05) is 41.3 Å². The van der Waals surface area contributed by atoms with Crippen molar-refractivity contribution in [3.8, 4) is 0 Å². The van der Waals surface area contributed by atoms with Crippen LogP contribution in [0.25, 0.3) is 0 Å². The number of carbonyl (C=O) groups is 3. The normalized spacial score (nSPS) is 10.3. The number of carbonyl (C=O) groups excluding carboxylic acids is 3. The van der Waals surface area contributed by atoms with E-state index in [4.69, 9.17) is 0 Å². The third kappa shape index (κ3) is 6.45. The van der Waals surface area contributed by atoms with Crippen LogP contribution in [0.1, 0.15) is 36.2 Å². The predicted molar refractivity (Wildman–Crippen MR) is 137 cm³/mol. The number of amides is 3. The van der Waals surface area contributed by atoms with Gasteiger partial charge in [-0.1, -0.05) is 31.2 Å². The van der Waals surface area contributed by atoms with E-state index in [-0.39, 0.29) is 24.3 Å². The largest absolute Gasteiger partial charge is 0.376 e. The van der Waals surface area contributed by atoms with E-state index in [1.54, 1.807) is 36.1 Å². The van der Waals surface area contributed by atoms with E-state index < -0.39 is 0 Å². The Kier molecular flexibility index (Phi) is 8.40. The third-order valence-corrected chi connectivity index (χ3v) is 5.33. The van der Waals surface area contributed by atoms with Gasteiger partial charge in [0.25, 0.3) is 5.91 Å². The summed E-state index contributed by atoms with van der Waals surface area (Å²) < 4.78 is 0. The molecule has 0 aromatic heterocycles. The topological polar surface area (TPSA) is 90.5 Å². The van der Waals surface area contributed by atoms with Crippen molar-refractivity contribution in [3.05, 3.63) is 83.9 Å². The smallest absolute Gasteiger partial charge is 0.258 e. The maximum absolute atomic E-state index is 12.9. The first kappa shape index (κ1) is 24.5. The lowest BCUT2D eigenvalue weighted by molar-refractivity contribution is -0.116. The van der Waals surface area contributed by atoms with Crippen LogP contribution in [-0.2, 0) is 9.59 Å². The average molecular weight is 459 g/mol. The fourth-order valence-corrected chi connectivity index (χ4v) is 3.40. The highest BCUT2D eigenvalue weighted by Crippen LogP contribution is 2.21. The Morgan fingerprint density at radius 1 is 0.794 bits per heavy atom. The van der Waals surface area contributed by atoms with Crippen LogP contribution in [0.4, 0.5) is 22.7 Å². The highest BCUT2D eigenvalue weighted by Gasteiger charge is 2.16. The lowest BCUT2D eigenvalue weighted by atomic mass is 10.1. The van der Waals surface area contributed by atoms with Crippen LogP contribution >= 0.6 is 0 Å². The Morgan fingerprint density at radius 2 is 1.47 bits per heavy atom. The van der Waals surface area contributed by atoms with Gasteiger partial charge in [0.1, 0.15) is 0 Å². The van der Waals surface area contributed by atoms with Crippen LogP contribution in [-0.4, -0.2) is 30.8 Å². The highest BCUT2D eigenvalue weighted by atomic mass is 16.2. The molecule has 3 aromatic rings. The first-order valence-electron chi connectivity index (χ1n) is 11.3. The van der Waals surface area contributed by atoms with Crippen LogP contribution in [0.15, 0.2) is 72.8 Å². The van der Waals surface area contributed by atoms with Gasteiger partial charge in [0.2, 0.25) is 11.8 Å². The number of nitrogens with zero attached hydrogens (tertiary/aromatic N) is 1. The molecule has 7 heteroatoms. The molecule has 3 amide bonds. The quantitative estimate of drug-likeness (QED) is 0.418. The molecule has 0 saturated carbocycles. The summed E-state index contributed by atoms with van der Waals surface area (Å²) in [4.78, 5) is 38.7. The number of anilines is 4. The maximum atomic E-state index is 12.9. The summed E-state index contributed by atoms with van der Waals surface area (Å²) in [6.45, 7) is 6.25. The molecule has 0 fully saturated rings. The lowest BCUT2D eigenvalue weighted by Crippen LogP contribution is -2.30. The number of aryl methyl sites for hydroxylation is 1. The third-order valence-electron chi connectivity index (χ3n) is 5.33. The minimum absolute atomic E-state index is 0.0581. The molecule has 0 spiro atoms. The van der Waals surface area contributed by atoms with Crippen molar-refractivity contribution in [3.63, 3.8) is 0 Å². The van der Waals surface area contributed by atoms with Crippen molar-refractivity contribution < 1.29 is 14.4 Å². The number of nitrogens with one attached hydrogen (secondary N) is 3. The fourth-order valence-electron chi connectivity index (χ4n) is 3.40. The van der Waals surface area contributed by atoms with Gasteiger partial charge in [-0.3, -0.25) is 14.4 Å². The average Bonchev–Trinajstić information content (AvgIpc) is 2.86. The van der Waals surface area contributed by atoms with Crippen molar-refractivity contribution in [2.24, 2.45) is 0 Å². The Bertz CT molecular complexity index is 1140. The van der Waals surface area contributed by atoms with Crippen LogP contribution in [0.3, 0.4) is 0 Å². The van der Waals surface area contributed by atoms with Gasteiger partial charge in [0.05, 0.1) is 6.54 Å². The molecule has 3 aromatic carbocycles. The molecule has 0 radical (unpaired) electrons. The Labute approximate surface area is 200 Å². The molecular formula is C27H30N4O3. The van der Waals surface area contributed by atoms with Crippen LogP contribution in [0.2, 0.25) is 0 Å². The fraction of sp³-hybridized carbons (Fsp3) is 0.222. The molecule has 176 valence electrons. The van der Waals surface area contributed by atoms with Gasteiger partial charge in [-0.25, -0.2) is 0 Å². The molecule has 0 aliphatic carbocycles. The standard InChI is InChI=1S/C27H30N4O3/c1-4-25(32)30-24-17-22(14-11-19(24)3)28-18-26(33)29-21-15-12-20(13-16-21)27(34)31(5-2)23-9-7-6-8-10-23/h6-17,28H,4-5,18H2,1-3H3,(H,29,33)(H,30,32). The summed E-state index contributed by atoms with van der Waals surface area (Å²) in [5.74, 6) is -0.386. The second-order valence-corrected chi connectivity index (χ2v) is 7.80. The van der Waals surface area contributed by atoms with E-state index in [0.29, 0.717) is 29.9 Å². The van der Waals surface area contributed by atoms with Crippen molar-refractivity contribution in [2.45, 2.75) is 27.2 Å². The molecule has 0 aliphatic heterocycles. The van der Waals surface area contributed by atoms with E-state index in [9.17, 15) is 14.4 Å². The summed E-state index contributed by atoms with van der Waals surface area (Å²) in [7, 11) is 0. The van der Waals surface area contributed by atoms with Crippen molar-refractivity contribution in [1.82, 2.24) is 0 Å². The van der Waals surface area contributed by atoms with E-state index in [0.717, 1.165) is 16.9 Å². The summed E-state index contributed by atoms with van der Waals surface area (Å²) in [5.41, 5.74) is 4.38. The van der Waals surface area contributed by atoms with Gasteiger partial charge in [-0.2, -0.15) is 0 Å². The second-order valence-electron chi connectivity index (χ2n) is 7.80. The van der Waals surface area contributed by atoms with Crippen molar-refractivity contribution in [1.29, 1.82) is 0 Å². The number of rotatable bonds is 9. The number of hydrogen-bond donors (Lipinski definition) is 3. The summed E-state index contributed by atoms with van der Waals surface area (Å²) in [5, 5.41) is 8.75. The van der Waals surface area contributed by atoms with Gasteiger partial charge in [-0.15, -0.1) is 0 Å². The Hall–Kier alpha value is -4.13. The van der Waals surface area contributed by atoms with Gasteiger partial charge < -0.3 is 20.9 Å². The van der Waals surface area contributed by atoms with E-state index in [1.165, 1.54) is 0 Å². The van der Waals surface area contributed by atoms with Gasteiger partial charge >= 0.3 is 0 Å². The molecule has 0 unspecified atom stereocenters. The molecular weight excluding hydrogens is 428 g/mol. The van der Waals surface area contributed by atoms with Crippen molar-refractivity contribution in [2.75, 3.05) is 33.9 Å². The minimum atomic E-state index is -0.224. The molecule has 0 saturated heterocycles. The lowest BCUT2D eigenvalue weighted by Gasteiger charge is -2.21. The van der Waals surface area contributed by atoms with Crippen LogP contribution in [0.5, 0.6) is 0 Å². The van der Waals surface area contributed by atoms with Gasteiger partial charge in [-0.05, 0) is 67.9 Å². The summed E-state index contributed by atoms with van der Waals surface area (Å²) in [6.07, 6.45) is 0.395. The maximum Gasteiger partial charge on any atom is 0.258 e. The number of hydrogen-bond acceptors (Lipinski definition) is 4. The van der Waals surface area contributed by atoms with Crippen molar-refractivity contribution >= 4 is 40.5 Å². The number of para-hydroxylation sites is 1. The first-order chi connectivity index (χ1) is 16.4. The van der Waals surface area contributed by atoms with Crippen LogP contribution in [0, 0.1) is 6.92 Å². The molecule has 0 aliphatic rings. The zero-order chi connectivity index (χ0) is 24.5. The summed E-state index contributed by atoms with van der Waals surface area (Å²) in [6, 6.07) is 21.9. The van der Waals surface area contributed by atoms with E-state index in [1.807, 2.05) is 62.4 Å². The second kappa shape index (κ2) is 11.7. The molecule has 7 nitrogen and oxygen atoms in total. The zero-order valence-electron chi connectivity index (χ0n) is 19.7. The van der Waals surface area contributed by atoms with Gasteiger partial charge in [0.15, 0.2) is 0 Å².